The van der Waals surface area contributed by atoms with Gasteiger partial charge in [-0.25, -0.2) is 4.98 Å². The molecule has 0 N–H and O–H groups in total. The summed E-state index contributed by atoms with van der Waals surface area (Å²) >= 11 is 0. The van der Waals surface area contributed by atoms with Crippen molar-refractivity contribution in [3.63, 3.8) is 0 Å². The van der Waals surface area contributed by atoms with Crippen LogP contribution in [0.25, 0.3) is 117 Å². The molecule has 0 fully saturated rings. The van der Waals surface area contributed by atoms with Crippen LogP contribution in [0.2, 0.25) is 0 Å². The second-order valence-corrected chi connectivity index (χ2v) is 15.6. The fraction of sp³-hybridized carbons (Fsp3) is 0. The maximum absolute atomic E-state index is 7.14. The second kappa shape index (κ2) is 14.7. The van der Waals surface area contributed by atoms with Crippen LogP contribution in [-0.2, 0) is 0 Å². The molecular weight excluding hydrogens is 757 g/mol. The van der Waals surface area contributed by atoms with Gasteiger partial charge in [-0.05, 0) is 74.8 Å². The molecule has 0 atom stereocenters. The summed E-state index contributed by atoms with van der Waals surface area (Å²) in [6, 6.07) is 76.2. The Balaban J connectivity index is 1.13. The molecule has 290 valence electrons. The lowest BCUT2D eigenvalue weighted by Crippen LogP contribution is -2.06. The molecule has 0 aliphatic heterocycles. The maximum atomic E-state index is 7.14. The van der Waals surface area contributed by atoms with Crippen LogP contribution in [-0.4, -0.2) is 19.5 Å². The first-order valence-corrected chi connectivity index (χ1v) is 20.8. The molecule has 0 aliphatic carbocycles. The Bertz CT molecular complexity index is 3600. The van der Waals surface area contributed by atoms with Gasteiger partial charge in [-0.3, -0.25) is 4.57 Å². The van der Waals surface area contributed by atoms with Crippen LogP contribution < -0.4 is 0 Å². The lowest BCUT2D eigenvalue weighted by atomic mass is 9.94. The Morgan fingerprint density at radius 2 is 0.855 bits per heavy atom. The van der Waals surface area contributed by atoms with E-state index >= 15 is 0 Å². The molecule has 0 saturated heterocycles. The summed E-state index contributed by atoms with van der Waals surface area (Å²) in [5, 5.41) is 4.23. The lowest BCUT2D eigenvalue weighted by Gasteiger charge is -2.12. The van der Waals surface area contributed by atoms with Gasteiger partial charge in [0.05, 0.1) is 5.52 Å². The van der Waals surface area contributed by atoms with Crippen LogP contribution in [0.5, 0.6) is 0 Å². The summed E-state index contributed by atoms with van der Waals surface area (Å²) in [6.07, 6.45) is 0. The normalized spacial score (nSPS) is 11.5. The number of para-hydroxylation sites is 1. The van der Waals surface area contributed by atoms with Crippen molar-refractivity contribution in [2.45, 2.75) is 0 Å². The van der Waals surface area contributed by atoms with E-state index < -0.39 is 0 Å². The molecule has 62 heavy (non-hydrogen) atoms. The minimum absolute atomic E-state index is 0.509. The standard InChI is InChI=1S/C57H36N4O/c1-5-16-37(17-6-1)40-28-30-42(31-29-40)55-58-56(44-25-15-24-43(34-44)38-18-7-2-8-19-38)60-57(59-55)61-50-27-14-13-26-46(50)47-32-33-48-52-49(41-22-11-4-12-23-41)35-45(39-20-9-3-10-21-39)36-51(52)62-54(48)53(47)61/h1-36H. The summed E-state index contributed by atoms with van der Waals surface area (Å²) in [5.74, 6) is 1.67. The third-order valence-corrected chi connectivity index (χ3v) is 11.9. The molecule has 12 aromatic rings. The fourth-order valence-corrected chi connectivity index (χ4v) is 8.90. The summed E-state index contributed by atoms with van der Waals surface area (Å²) in [7, 11) is 0. The van der Waals surface area contributed by atoms with E-state index in [0.29, 0.717) is 17.6 Å². The van der Waals surface area contributed by atoms with E-state index in [-0.39, 0.29) is 0 Å². The SMILES string of the molecule is c1ccc(-c2ccc(-c3nc(-c4cccc(-c5ccccc5)c4)nc(-n4c5ccccc5c5ccc6c(oc7cc(-c8ccccc8)cc(-c8ccccc8)c76)c54)n3)cc2)cc1. The molecule has 0 saturated carbocycles. The van der Waals surface area contributed by atoms with Gasteiger partial charge >= 0.3 is 0 Å². The number of fused-ring (bicyclic) bond motifs is 7. The smallest absolute Gasteiger partial charge is 0.238 e. The van der Waals surface area contributed by atoms with Crippen LogP contribution in [0.1, 0.15) is 0 Å². The molecule has 12 rings (SSSR count). The zero-order chi connectivity index (χ0) is 41.0. The Hall–Kier alpha value is -8.41. The van der Waals surface area contributed by atoms with Crippen LogP contribution >= 0.6 is 0 Å². The zero-order valence-corrected chi connectivity index (χ0v) is 33.5. The average molecular weight is 793 g/mol. The van der Waals surface area contributed by atoms with E-state index in [1.807, 2.05) is 12.1 Å². The fourth-order valence-electron chi connectivity index (χ4n) is 8.90. The number of nitrogens with zero attached hydrogens (tertiary/aromatic N) is 4. The van der Waals surface area contributed by atoms with Gasteiger partial charge in [-0.2, -0.15) is 9.97 Å². The highest BCUT2D eigenvalue weighted by atomic mass is 16.3. The lowest BCUT2D eigenvalue weighted by molar-refractivity contribution is 0.671. The number of aromatic nitrogens is 4. The topological polar surface area (TPSA) is 56.7 Å². The minimum atomic E-state index is 0.509. The van der Waals surface area contributed by atoms with Crippen LogP contribution in [0, 0.1) is 0 Å². The first-order valence-electron chi connectivity index (χ1n) is 20.8. The first kappa shape index (κ1) is 35.5. The third kappa shape index (κ3) is 6.06. The van der Waals surface area contributed by atoms with Gasteiger partial charge in [0.15, 0.2) is 17.2 Å². The van der Waals surface area contributed by atoms with Crippen molar-refractivity contribution in [3.8, 4) is 73.2 Å². The van der Waals surface area contributed by atoms with Crippen LogP contribution in [0.15, 0.2) is 223 Å². The minimum Gasteiger partial charge on any atom is -0.454 e. The molecule has 0 aliphatic rings. The van der Waals surface area contributed by atoms with Crippen molar-refractivity contribution in [1.29, 1.82) is 0 Å². The highest BCUT2D eigenvalue weighted by Gasteiger charge is 2.24. The van der Waals surface area contributed by atoms with E-state index in [9.17, 15) is 0 Å². The predicted octanol–water partition coefficient (Wildman–Crippen LogP) is 14.9. The number of hydrogen-bond acceptors (Lipinski definition) is 4. The second-order valence-electron chi connectivity index (χ2n) is 15.6. The molecule has 5 nitrogen and oxygen atoms in total. The summed E-state index contributed by atoms with van der Waals surface area (Å²) in [6.45, 7) is 0. The molecule has 9 aromatic carbocycles. The third-order valence-electron chi connectivity index (χ3n) is 11.9. The first-order chi connectivity index (χ1) is 30.7. The Kier molecular flexibility index (Phi) is 8.42. The molecular formula is C57H36N4O. The highest BCUT2D eigenvalue weighted by molar-refractivity contribution is 6.24. The van der Waals surface area contributed by atoms with Crippen molar-refractivity contribution in [1.82, 2.24) is 19.5 Å². The van der Waals surface area contributed by atoms with Gasteiger partial charge in [0, 0.05) is 32.7 Å². The molecule has 0 spiro atoms. The van der Waals surface area contributed by atoms with Gasteiger partial charge in [0.2, 0.25) is 5.95 Å². The monoisotopic (exact) mass is 792 g/mol. The van der Waals surface area contributed by atoms with E-state index in [2.05, 4.69) is 211 Å². The number of hydrogen-bond donors (Lipinski definition) is 0. The predicted molar refractivity (Wildman–Crippen MR) is 254 cm³/mol. The summed E-state index contributed by atoms with van der Waals surface area (Å²) in [4.78, 5) is 15.9. The largest absolute Gasteiger partial charge is 0.454 e. The molecule has 0 unspecified atom stereocenters. The van der Waals surface area contributed by atoms with Crippen LogP contribution in [0.3, 0.4) is 0 Å². The molecule has 5 heteroatoms. The Morgan fingerprint density at radius 3 is 1.55 bits per heavy atom. The van der Waals surface area contributed by atoms with E-state index in [4.69, 9.17) is 19.4 Å². The molecule has 3 heterocycles. The van der Waals surface area contributed by atoms with E-state index in [1.54, 1.807) is 0 Å². The number of furan rings is 1. The number of rotatable bonds is 7. The molecule has 0 amide bonds. The van der Waals surface area contributed by atoms with Crippen molar-refractivity contribution < 1.29 is 4.42 Å². The molecule has 0 radical (unpaired) electrons. The Labute approximate surface area is 357 Å². The van der Waals surface area contributed by atoms with Gasteiger partial charge < -0.3 is 4.42 Å². The molecule has 3 aromatic heterocycles. The van der Waals surface area contributed by atoms with E-state index in [1.165, 1.54) is 0 Å². The van der Waals surface area contributed by atoms with Crippen LogP contribution in [0.4, 0.5) is 0 Å². The van der Waals surface area contributed by atoms with Crippen molar-refractivity contribution in [2.24, 2.45) is 0 Å². The number of benzene rings is 9. The quantitative estimate of drug-likeness (QED) is 0.161. The average Bonchev–Trinajstić information content (AvgIpc) is 3.91. The summed E-state index contributed by atoms with van der Waals surface area (Å²) in [5.41, 5.74) is 14.2. The maximum Gasteiger partial charge on any atom is 0.238 e. The van der Waals surface area contributed by atoms with Crippen molar-refractivity contribution in [3.05, 3.63) is 218 Å². The molecule has 0 bridgehead atoms. The Morgan fingerprint density at radius 1 is 0.339 bits per heavy atom. The van der Waals surface area contributed by atoms with E-state index in [0.717, 1.165) is 99.4 Å². The van der Waals surface area contributed by atoms with Crippen molar-refractivity contribution >= 4 is 43.7 Å². The van der Waals surface area contributed by atoms with Gasteiger partial charge in [-0.15, -0.1) is 0 Å². The summed E-state index contributed by atoms with van der Waals surface area (Å²) < 4.78 is 9.31. The van der Waals surface area contributed by atoms with Gasteiger partial charge in [0.1, 0.15) is 11.1 Å². The van der Waals surface area contributed by atoms with Gasteiger partial charge in [-0.1, -0.05) is 188 Å². The highest BCUT2D eigenvalue weighted by Crippen LogP contribution is 2.44. The van der Waals surface area contributed by atoms with Crippen molar-refractivity contribution in [2.75, 3.05) is 0 Å². The zero-order valence-electron chi connectivity index (χ0n) is 33.5. The van der Waals surface area contributed by atoms with Gasteiger partial charge in [0.25, 0.3) is 0 Å².